The molecule has 124 valence electrons. The SMILES string of the molecule is CCCCC1NC(=O)CSC1=NOC(=O)NCc1ccccc1. The Balaban J connectivity index is 1.84. The van der Waals surface area contributed by atoms with E-state index in [0.717, 1.165) is 24.8 Å². The molecule has 1 fully saturated rings. The number of unbranched alkanes of at least 4 members (excludes halogenated alkanes) is 1. The van der Waals surface area contributed by atoms with Gasteiger partial charge in [0, 0.05) is 6.54 Å². The molecule has 1 aliphatic heterocycles. The van der Waals surface area contributed by atoms with E-state index < -0.39 is 6.09 Å². The summed E-state index contributed by atoms with van der Waals surface area (Å²) < 4.78 is 0. The molecule has 0 radical (unpaired) electrons. The maximum absolute atomic E-state index is 11.7. The highest BCUT2D eigenvalue weighted by Gasteiger charge is 2.25. The maximum atomic E-state index is 11.7. The van der Waals surface area contributed by atoms with Gasteiger partial charge in [0.15, 0.2) is 0 Å². The summed E-state index contributed by atoms with van der Waals surface area (Å²) in [6.07, 6.45) is 2.20. The topological polar surface area (TPSA) is 79.8 Å². The van der Waals surface area contributed by atoms with Crippen LogP contribution in [0.25, 0.3) is 0 Å². The van der Waals surface area contributed by atoms with Crippen LogP contribution in [0.5, 0.6) is 0 Å². The smallest absolute Gasteiger partial charge is 0.346 e. The van der Waals surface area contributed by atoms with Crippen molar-refractivity contribution in [2.45, 2.75) is 38.8 Å². The van der Waals surface area contributed by atoms with Gasteiger partial charge >= 0.3 is 6.09 Å². The highest BCUT2D eigenvalue weighted by atomic mass is 32.2. The first-order valence-electron chi connectivity index (χ1n) is 7.68. The molecule has 0 aliphatic carbocycles. The molecule has 2 amide bonds. The number of hydrogen-bond acceptors (Lipinski definition) is 5. The Morgan fingerprint density at radius 3 is 2.96 bits per heavy atom. The van der Waals surface area contributed by atoms with Crippen LogP contribution in [0.1, 0.15) is 31.7 Å². The number of carbonyl (C=O) groups is 2. The fourth-order valence-electron chi connectivity index (χ4n) is 2.12. The molecule has 0 spiro atoms. The van der Waals surface area contributed by atoms with Gasteiger partial charge in [0.1, 0.15) is 5.04 Å². The lowest BCUT2D eigenvalue weighted by Crippen LogP contribution is -2.45. The Bertz CT molecular complexity index is 563. The molecular formula is C16H21N3O3S. The van der Waals surface area contributed by atoms with Gasteiger partial charge in [-0.2, -0.15) is 0 Å². The van der Waals surface area contributed by atoms with Crippen molar-refractivity contribution in [3.05, 3.63) is 35.9 Å². The van der Waals surface area contributed by atoms with Crippen molar-refractivity contribution < 1.29 is 14.4 Å². The van der Waals surface area contributed by atoms with Crippen LogP contribution < -0.4 is 10.6 Å². The average molecular weight is 335 g/mol. The van der Waals surface area contributed by atoms with Gasteiger partial charge in [-0.05, 0) is 12.0 Å². The summed E-state index contributed by atoms with van der Waals surface area (Å²) in [7, 11) is 0. The summed E-state index contributed by atoms with van der Waals surface area (Å²) in [5.41, 5.74) is 0.984. The van der Waals surface area contributed by atoms with Crippen molar-refractivity contribution in [1.29, 1.82) is 0 Å². The molecule has 1 atom stereocenters. The van der Waals surface area contributed by atoms with Crippen LogP contribution in [-0.2, 0) is 16.2 Å². The second kappa shape index (κ2) is 9.19. The van der Waals surface area contributed by atoms with Crippen molar-refractivity contribution >= 4 is 28.8 Å². The Morgan fingerprint density at radius 1 is 1.43 bits per heavy atom. The molecule has 1 aromatic rings. The molecular weight excluding hydrogens is 314 g/mol. The summed E-state index contributed by atoms with van der Waals surface area (Å²) in [6, 6.07) is 9.39. The number of carbonyl (C=O) groups excluding carboxylic acids is 2. The first kappa shape index (κ1) is 17.3. The zero-order valence-corrected chi connectivity index (χ0v) is 13.9. The second-order valence-corrected chi connectivity index (χ2v) is 6.19. The average Bonchev–Trinajstić information content (AvgIpc) is 2.58. The summed E-state index contributed by atoms with van der Waals surface area (Å²) in [5.74, 6) is 0.291. The zero-order valence-electron chi connectivity index (χ0n) is 13.1. The molecule has 1 unspecified atom stereocenters. The summed E-state index contributed by atoms with van der Waals surface area (Å²) in [5, 5.41) is 10.1. The number of thioether (sulfide) groups is 1. The highest BCUT2D eigenvalue weighted by molar-refractivity contribution is 8.14. The highest BCUT2D eigenvalue weighted by Crippen LogP contribution is 2.18. The van der Waals surface area contributed by atoms with Crippen LogP contribution in [0.15, 0.2) is 35.5 Å². The lowest BCUT2D eigenvalue weighted by molar-refractivity contribution is -0.119. The van der Waals surface area contributed by atoms with Crippen LogP contribution in [0, 0.1) is 0 Å². The van der Waals surface area contributed by atoms with Crippen molar-refractivity contribution in [2.75, 3.05) is 5.75 Å². The Kier molecular flexibility index (Phi) is 6.93. The van der Waals surface area contributed by atoms with Crippen LogP contribution in [0.4, 0.5) is 4.79 Å². The molecule has 1 heterocycles. The van der Waals surface area contributed by atoms with E-state index >= 15 is 0 Å². The van der Waals surface area contributed by atoms with E-state index in [4.69, 9.17) is 4.84 Å². The minimum Gasteiger partial charge on any atom is -0.346 e. The molecule has 1 saturated heterocycles. The van der Waals surface area contributed by atoms with Gasteiger partial charge in [0.2, 0.25) is 5.91 Å². The quantitative estimate of drug-likeness (QED) is 0.619. The Hall–Kier alpha value is -2.02. The van der Waals surface area contributed by atoms with Crippen LogP contribution in [0.2, 0.25) is 0 Å². The Morgan fingerprint density at radius 2 is 2.22 bits per heavy atom. The lowest BCUT2D eigenvalue weighted by Gasteiger charge is -2.23. The molecule has 2 N–H and O–H groups in total. The first-order valence-corrected chi connectivity index (χ1v) is 8.66. The third-order valence-electron chi connectivity index (χ3n) is 3.33. The van der Waals surface area contributed by atoms with E-state index in [1.165, 1.54) is 11.8 Å². The standard InChI is InChI=1S/C16H21N3O3S/c1-2-3-9-13-15(23-11-14(20)18-13)19-22-16(21)17-10-12-7-5-4-6-8-12/h4-8,13H,2-3,9-11H2,1H3,(H,17,21)(H,18,20). The number of benzene rings is 1. The molecule has 7 heteroatoms. The van der Waals surface area contributed by atoms with Crippen molar-refractivity contribution in [1.82, 2.24) is 10.6 Å². The van der Waals surface area contributed by atoms with Crippen molar-refractivity contribution in [3.63, 3.8) is 0 Å². The summed E-state index contributed by atoms with van der Waals surface area (Å²) in [4.78, 5) is 28.1. The largest absolute Gasteiger partial charge is 0.433 e. The minimum atomic E-state index is -0.604. The number of nitrogens with one attached hydrogen (secondary N) is 2. The predicted octanol–water partition coefficient (Wildman–Crippen LogP) is 2.65. The van der Waals surface area contributed by atoms with Gasteiger partial charge in [-0.3, -0.25) is 9.63 Å². The third kappa shape index (κ3) is 5.94. The van der Waals surface area contributed by atoms with E-state index in [2.05, 4.69) is 22.7 Å². The van der Waals surface area contributed by atoms with Gasteiger partial charge in [0.05, 0.1) is 11.8 Å². The molecule has 0 aromatic heterocycles. The summed E-state index contributed by atoms with van der Waals surface area (Å²) >= 11 is 1.32. The third-order valence-corrected chi connectivity index (χ3v) is 4.39. The molecule has 1 aromatic carbocycles. The van der Waals surface area contributed by atoms with Gasteiger partial charge in [-0.1, -0.05) is 67.0 Å². The van der Waals surface area contributed by atoms with Gasteiger partial charge in [-0.25, -0.2) is 4.79 Å². The Labute approximate surface area is 140 Å². The first-order chi connectivity index (χ1) is 11.2. The predicted molar refractivity (Wildman–Crippen MR) is 91.1 cm³/mol. The number of nitrogens with zero attached hydrogens (tertiary/aromatic N) is 1. The number of amides is 2. The zero-order chi connectivity index (χ0) is 16.5. The fourth-order valence-corrected chi connectivity index (χ4v) is 2.95. The van der Waals surface area contributed by atoms with E-state index in [9.17, 15) is 9.59 Å². The van der Waals surface area contributed by atoms with Crippen LogP contribution >= 0.6 is 11.8 Å². The molecule has 0 saturated carbocycles. The van der Waals surface area contributed by atoms with Gasteiger partial charge in [0.25, 0.3) is 0 Å². The normalized spacial score (nSPS) is 19.3. The molecule has 0 bridgehead atoms. The molecule has 23 heavy (non-hydrogen) atoms. The van der Waals surface area contributed by atoms with E-state index in [1.54, 1.807) is 0 Å². The number of rotatable bonds is 6. The van der Waals surface area contributed by atoms with E-state index in [0.29, 0.717) is 17.3 Å². The van der Waals surface area contributed by atoms with Crippen molar-refractivity contribution in [3.8, 4) is 0 Å². The van der Waals surface area contributed by atoms with Crippen molar-refractivity contribution in [2.24, 2.45) is 5.16 Å². The van der Waals surface area contributed by atoms with Gasteiger partial charge < -0.3 is 10.6 Å². The number of oxime groups is 1. The lowest BCUT2D eigenvalue weighted by atomic mass is 10.1. The summed E-state index contributed by atoms with van der Waals surface area (Å²) in [6.45, 7) is 2.47. The monoisotopic (exact) mass is 335 g/mol. The molecule has 6 nitrogen and oxygen atoms in total. The fraction of sp³-hybridized carbons (Fsp3) is 0.438. The van der Waals surface area contributed by atoms with E-state index in [1.807, 2.05) is 30.3 Å². The van der Waals surface area contributed by atoms with Crippen LogP contribution in [-0.4, -0.2) is 28.8 Å². The number of hydrogen-bond donors (Lipinski definition) is 2. The maximum Gasteiger partial charge on any atom is 0.433 e. The molecule has 2 rings (SSSR count). The molecule has 1 aliphatic rings. The second-order valence-electron chi connectivity index (χ2n) is 5.20. The van der Waals surface area contributed by atoms with E-state index in [-0.39, 0.29) is 11.9 Å². The van der Waals surface area contributed by atoms with Gasteiger partial charge in [-0.15, -0.1) is 0 Å². The van der Waals surface area contributed by atoms with Crippen LogP contribution in [0.3, 0.4) is 0 Å². The minimum absolute atomic E-state index is 0.0106.